The summed E-state index contributed by atoms with van der Waals surface area (Å²) in [5.41, 5.74) is 3.78. The van der Waals surface area contributed by atoms with E-state index in [1.807, 2.05) is 80.6 Å². The molecule has 1 N–H and O–H groups in total. The summed E-state index contributed by atoms with van der Waals surface area (Å²) in [6, 6.07) is 20.8. The van der Waals surface area contributed by atoms with Crippen LogP contribution in [0.3, 0.4) is 0 Å². The summed E-state index contributed by atoms with van der Waals surface area (Å²) >= 11 is 6.11. The highest BCUT2D eigenvalue weighted by Crippen LogP contribution is 2.23. The minimum Gasteiger partial charge on any atom is -0.497 e. The Bertz CT molecular complexity index is 1280. The maximum atomic E-state index is 12.7. The number of hydrogen-bond acceptors (Lipinski definition) is 4. The van der Waals surface area contributed by atoms with Crippen molar-refractivity contribution in [2.75, 3.05) is 13.7 Å². The standard InChI is InChI=1S/C27H28ClN3O3/c1-18-16-22(12-13-23(18)28)34-15-14-31-25-7-5-4-6-24(25)30-27(31)19(2)29-26(32)17-20-8-10-21(33-3)11-9-20/h4-13,16,19H,14-15,17H2,1-3H3,(H,29,32). The van der Waals surface area contributed by atoms with Gasteiger partial charge in [-0.3, -0.25) is 4.79 Å². The SMILES string of the molecule is COc1ccc(CC(=O)NC(C)c2nc3ccccc3n2CCOc2ccc(Cl)c(C)c2)cc1. The molecule has 1 aromatic heterocycles. The number of carbonyl (C=O) groups is 1. The Hall–Kier alpha value is -3.51. The third-order valence-electron chi connectivity index (χ3n) is 5.69. The zero-order valence-corrected chi connectivity index (χ0v) is 20.3. The lowest BCUT2D eigenvalue weighted by Crippen LogP contribution is -2.30. The van der Waals surface area contributed by atoms with Crippen molar-refractivity contribution >= 4 is 28.5 Å². The molecule has 0 spiro atoms. The van der Waals surface area contributed by atoms with E-state index in [0.29, 0.717) is 13.2 Å². The van der Waals surface area contributed by atoms with Gasteiger partial charge in [-0.05, 0) is 67.4 Å². The molecule has 1 amide bonds. The van der Waals surface area contributed by atoms with Crippen molar-refractivity contribution < 1.29 is 14.3 Å². The van der Waals surface area contributed by atoms with Crippen LogP contribution in [-0.2, 0) is 17.8 Å². The molecule has 176 valence electrons. The highest BCUT2D eigenvalue weighted by atomic mass is 35.5. The third kappa shape index (κ3) is 5.51. The van der Waals surface area contributed by atoms with Gasteiger partial charge in [-0.1, -0.05) is 35.9 Å². The first-order chi connectivity index (χ1) is 16.4. The summed E-state index contributed by atoms with van der Waals surface area (Å²) < 4.78 is 13.3. The van der Waals surface area contributed by atoms with Gasteiger partial charge in [-0.15, -0.1) is 0 Å². The molecule has 34 heavy (non-hydrogen) atoms. The minimum absolute atomic E-state index is 0.0656. The van der Waals surface area contributed by atoms with Gasteiger partial charge in [-0.2, -0.15) is 0 Å². The number of ether oxygens (including phenoxy) is 2. The number of rotatable bonds is 9. The second-order valence-electron chi connectivity index (χ2n) is 8.18. The number of para-hydroxylation sites is 2. The number of amides is 1. The largest absolute Gasteiger partial charge is 0.497 e. The summed E-state index contributed by atoms with van der Waals surface area (Å²) in [6.45, 7) is 4.96. The molecule has 0 saturated carbocycles. The molecule has 1 heterocycles. The van der Waals surface area contributed by atoms with Crippen molar-refractivity contribution in [1.29, 1.82) is 0 Å². The monoisotopic (exact) mass is 477 g/mol. The zero-order valence-electron chi connectivity index (χ0n) is 19.5. The van der Waals surface area contributed by atoms with Crippen molar-refractivity contribution in [1.82, 2.24) is 14.9 Å². The van der Waals surface area contributed by atoms with E-state index in [-0.39, 0.29) is 18.4 Å². The fourth-order valence-electron chi connectivity index (χ4n) is 3.91. The van der Waals surface area contributed by atoms with Crippen LogP contribution in [0.1, 0.15) is 29.9 Å². The number of methoxy groups -OCH3 is 1. The maximum absolute atomic E-state index is 12.7. The van der Waals surface area contributed by atoms with Crippen molar-refractivity contribution in [3.05, 3.63) is 88.7 Å². The Kier molecular flexibility index (Phi) is 7.38. The Morgan fingerprint density at radius 3 is 2.56 bits per heavy atom. The predicted molar refractivity (Wildman–Crippen MR) is 135 cm³/mol. The van der Waals surface area contributed by atoms with E-state index in [4.69, 9.17) is 26.1 Å². The van der Waals surface area contributed by atoms with Gasteiger partial charge in [0.1, 0.15) is 23.9 Å². The lowest BCUT2D eigenvalue weighted by Gasteiger charge is -2.17. The fourth-order valence-corrected chi connectivity index (χ4v) is 4.02. The van der Waals surface area contributed by atoms with Crippen LogP contribution in [0.4, 0.5) is 0 Å². The summed E-state index contributed by atoms with van der Waals surface area (Å²) in [5.74, 6) is 2.26. The van der Waals surface area contributed by atoms with Crippen LogP contribution in [0.15, 0.2) is 66.7 Å². The van der Waals surface area contributed by atoms with Crippen molar-refractivity contribution in [3.8, 4) is 11.5 Å². The average molecular weight is 478 g/mol. The molecule has 3 aromatic carbocycles. The molecule has 4 aromatic rings. The van der Waals surface area contributed by atoms with Crippen LogP contribution in [-0.4, -0.2) is 29.2 Å². The highest BCUT2D eigenvalue weighted by Gasteiger charge is 2.18. The summed E-state index contributed by atoms with van der Waals surface area (Å²) in [5, 5.41) is 3.80. The van der Waals surface area contributed by atoms with Crippen LogP contribution in [0.5, 0.6) is 11.5 Å². The van der Waals surface area contributed by atoms with E-state index < -0.39 is 0 Å². The zero-order chi connectivity index (χ0) is 24.1. The predicted octanol–water partition coefficient (Wildman–Crippen LogP) is 5.51. The van der Waals surface area contributed by atoms with Gasteiger partial charge in [0, 0.05) is 5.02 Å². The third-order valence-corrected chi connectivity index (χ3v) is 6.11. The minimum atomic E-state index is -0.268. The van der Waals surface area contributed by atoms with Crippen molar-refractivity contribution in [3.63, 3.8) is 0 Å². The molecule has 0 aliphatic rings. The molecule has 0 radical (unpaired) electrons. The molecule has 6 nitrogen and oxygen atoms in total. The van der Waals surface area contributed by atoms with Crippen LogP contribution < -0.4 is 14.8 Å². The number of aromatic nitrogens is 2. The van der Waals surface area contributed by atoms with E-state index >= 15 is 0 Å². The smallest absolute Gasteiger partial charge is 0.224 e. The summed E-state index contributed by atoms with van der Waals surface area (Å²) in [6.07, 6.45) is 0.285. The molecule has 0 fully saturated rings. The molecule has 7 heteroatoms. The van der Waals surface area contributed by atoms with E-state index in [1.165, 1.54) is 0 Å². The molecular weight excluding hydrogens is 450 g/mol. The van der Waals surface area contributed by atoms with E-state index in [1.54, 1.807) is 7.11 Å². The van der Waals surface area contributed by atoms with Crippen LogP contribution in [0.25, 0.3) is 11.0 Å². The number of benzene rings is 3. The first-order valence-corrected chi connectivity index (χ1v) is 11.6. The second kappa shape index (κ2) is 10.6. The Morgan fingerprint density at radius 2 is 1.82 bits per heavy atom. The number of nitrogens with one attached hydrogen (secondary N) is 1. The number of aryl methyl sites for hydroxylation is 1. The Balaban J connectivity index is 1.46. The van der Waals surface area contributed by atoms with E-state index in [9.17, 15) is 4.79 Å². The Morgan fingerprint density at radius 1 is 1.09 bits per heavy atom. The average Bonchev–Trinajstić information content (AvgIpc) is 3.20. The summed E-state index contributed by atoms with van der Waals surface area (Å²) in [7, 11) is 1.62. The van der Waals surface area contributed by atoms with Crippen LogP contribution in [0.2, 0.25) is 5.02 Å². The quantitative estimate of drug-likeness (QED) is 0.345. The molecule has 1 unspecified atom stereocenters. The number of imidazole rings is 1. The van der Waals surface area contributed by atoms with E-state index in [2.05, 4.69) is 9.88 Å². The molecule has 0 aliphatic carbocycles. The molecule has 1 atom stereocenters. The lowest BCUT2D eigenvalue weighted by molar-refractivity contribution is -0.121. The lowest BCUT2D eigenvalue weighted by atomic mass is 10.1. The number of halogens is 1. The molecule has 0 bridgehead atoms. The van der Waals surface area contributed by atoms with Crippen molar-refractivity contribution in [2.45, 2.75) is 32.9 Å². The van der Waals surface area contributed by atoms with E-state index in [0.717, 1.165) is 44.5 Å². The molecule has 0 aliphatic heterocycles. The van der Waals surface area contributed by atoms with Gasteiger partial charge in [0.25, 0.3) is 0 Å². The normalized spacial score (nSPS) is 11.9. The number of carbonyl (C=O) groups excluding carboxylic acids is 1. The maximum Gasteiger partial charge on any atom is 0.224 e. The van der Waals surface area contributed by atoms with Crippen LogP contribution >= 0.6 is 11.6 Å². The van der Waals surface area contributed by atoms with Gasteiger partial charge < -0.3 is 19.4 Å². The Labute approximate surface area is 204 Å². The molecule has 4 rings (SSSR count). The van der Waals surface area contributed by atoms with Gasteiger partial charge in [0.15, 0.2) is 0 Å². The first kappa shape index (κ1) is 23.6. The first-order valence-electron chi connectivity index (χ1n) is 11.2. The van der Waals surface area contributed by atoms with Gasteiger partial charge in [-0.25, -0.2) is 4.98 Å². The highest BCUT2D eigenvalue weighted by molar-refractivity contribution is 6.31. The topological polar surface area (TPSA) is 65.4 Å². The van der Waals surface area contributed by atoms with Gasteiger partial charge in [0.05, 0.1) is 37.2 Å². The summed E-state index contributed by atoms with van der Waals surface area (Å²) in [4.78, 5) is 17.5. The van der Waals surface area contributed by atoms with Gasteiger partial charge >= 0.3 is 0 Å². The number of fused-ring (bicyclic) bond motifs is 1. The fraction of sp³-hybridized carbons (Fsp3) is 0.259. The molecular formula is C27H28ClN3O3. The second-order valence-corrected chi connectivity index (χ2v) is 8.59. The molecule has 0 saturated heterocycles. The van der Waals surface area contributed by atoms with Crippen LogP contribution in [0, 0.1) is 6.92 Å². The number of hydrogen-bond donors (Lipinski definition) is 1. The van der Waals surface area contributed by atoms with Gasteiger partial charge in [0.2, 0.25) is 5.91 Å². The van der Waals surface area contributed by atoms with Crippen molar-refractivity contribution in [2.24, 2.45) is 0 Å². The number of nitrogens with zero attached hydrogens (tertiary/aromatic N) is 2.